The van der Waals surface area contributed by atoms with E-state index in [0.29, 0.717) is 0 Å². The SMILES string of the molecule is CC(NC(=O)C(C)C(N)c1ccccc1)c1ccccc1. The zero-order chi connectivity index (χ0) is 15.2. The van der Waals surface area contributed by atoms with Crippen LogP contribution in [0.15, 0.2) is 60.7 Å². The Morgan fingerprint density at radius 3 is 1.90 bits per heavy atom. The van der Waals surface area contributed by atoms with E-state index in [9.17, 15) is 4.79 Å². The number of nitrogens with two attached hydrogens (primary N) is 1. The molecule has 3 N–H and O–H groups in total. The number of hydrogen-bond acceptors (Lipinski definition) is 2. The van der Waals surface area contributed by atoms with Crippen molar-refractivity contribution in [1.29, 1.82) is 0 Å². The molecule has 110 valence electrons. The van der Waals surface area contributed by atoms with Crippen molar-refractivity contribution in [2.45, 2.75) is 25.9 Å². The van der Waals surface area contributed by atoms with Crippen molar-refractivity contribution in [1.82, 2.24) is 5.32 Å². The number of carbonyl (C=O) groups excluding carboxylic acids is 1. The summed E-state index contributed by atoms with van der Waals surface area (Å²) in [7, 11) is 0. The van der Waals surface area contributed by atoms with Crippen molar-refractivity contribution < 1.29 is 4.79 Å². The molecule has 2 aromatic carbocycles. The van der Waals surface area contributed by atoms with Gasteiger partial charge in [-0.05, 0) is 18.1 Å². The molecule has 0 aliphatic rings. The maximum absolute atomic E-state index is 12.4. The molecule has 3 atom stereocenters. The number of benzene rings is 2. The van der Waals surface area contributed by atoms with Gasteiger partial charge in [-0.2, -0.15) is 0 Å². The maximum Gasteiger partial charge on any atom is 0.225 e. The molecule has 3 heteroatoms. The summed E-state index contributed by atoms with van der Waals surface area (Å²) in [5.41, 5.74) is 8.26. The topological polar surface area (TPSA) is 55.1 Å². The second kappa shape index (κ2) is 7.04. The van der Waals surface area contributed by atoms with E-state index in [-0.39, 0.29) is 23.9 Å². The van der Waals surface area contributed by atoms with Crippen LogP contribution in [0, 0.1) is 5.92 Å². The van der Waals surface area contributed by atoms with Crippen LogP contribution in [0.25, 0.3) is 0 Å². The highest BCUT2D eigenvalue weighted by atomic mass is 16.1. The summed E-state index contributed by atoms with van der Waals surface area (Å²) >= 11 is 0. The molecule has 0 heterocycles. The highest BCUT2D eigenvalue weighted by molar-refractivity contribution is 5.79. The molecule has 0 fully saturated rings. The first kappa shape index (κ1) is 15.3. The van der Waals surface area contributed by atoms with Crippen LogP contribution < -0.4 is 11.1 Å². The summed E-state index contributed by atoms with van der Waals surface area (Å²) in [6, 6.07) is 19.3. The van der Waals surface area contributed by atoms with Gasteiger partial charge in [0.05, 0.1) is 12.0 Å². The smallest absolute Gasteiger partial charge is 0.225 e. The third-order valence-electron chi connectivity index (χ3n) is 3.80. The molecule has 0 saturated heterocycles. The zero-order valence-corrected chi connectivity index (χ0v) is 12.5. The van der Waals surface area contributed by atoms with Gasteiger partial charge in [-0.15, -0.1) is 0 Å². The Labute approximate surface area is 126 Å². The summed E-state index contributed by atoms with van der Waals surface area (Å²) in [6.07, 6.45) is 0. The number of carbonyl (C=O) groups is 1. The predicted octanol–water partition coefficient (Wildman–Crippen LogP) is 3.20. The maximum atomic E-state index is 12.4. The van der Waals surface area contributed by atoms with Crippen molar-refractivity contribution >= 4 is 5.91 Å². The average Bonchev–Trinajstić information content (AvgIpc) is 2.55. The Bertz CT molecular complexity index is 568. The molecule has 21 heavy (non-hydrogen) atoms. The molecule has 1 amide bonds. The van der Waals surface area contributed by atoms with Gasteiger partial charge < -0.3 is 11.1 Å². The molecular formula is C18H22N2O. The molecule has 3 nitrogen and oxygen atoms in total. The van der Waals surface area contributed by atoms with Gasteiger partial charge in [0.15, 0.2) is 0 Å². The first-order valence-corrected chi connectivity index (χ1v) is 7.25. The Balaban J connectivity index is 2.00. The second-order valence-corrected chi connectivity index (χ2v) is 5.37. The van der Waals surface area contributed by atoms with Crippen LogP contribution in [-0.2, 0) is 4.79 Å². The van der Waals surface area contributed by atoms with E-state index >= 15 is 0 Å². The van der Waals surface area contributed by atoms with Crippen LogP contribution in [0.3, 0.4) is 0 Å². The molecule has 0 spiro atoms. The van der Waals surface area contributed by atoms with Gasteiger partial charge >= 0.3 is 0 Å². The Kier molecular flexibility index (Phi) is 5.12. The highest BCUT2D eigenvalue weighted by Crippen LogP contribution is 2.20. The summed E-state index contributed by atoms with van der Waals surface area (Å²) in [5.74, 6) is -0.304. The number of hydrogen-bond donors (Lipinski definition) is 2. The fourth-order valence-electron chi connectivity index (χ4n) is 2.30. The molecule has 0 aliphatic heterocycles. The molecule has 0 aromatic heterocycles. The molecule has 0 aliphatic carbocycles. The van der Waals surface area contributed by atoms with Crippen molar-refractivity contribution in [3.63, 3.8) is 0 Å². The fourth-order valence-corrected chi connectivity index (χ4v) is 2.30. The zero-order valence-electron chi connectivity index (χ0n) is 12.5. The molecular weight excluding hydrogens is 260 g/mol. The third kappa shape index (κ3) is 3.92. The summed E-state index contributed by atoms with van der Waals surface area (Å²) < 4.78 is 0. The van der Waals surface area contributed by atoms with E-state index < -0.39 is 0 Å². The molecule has 3 unspecified atom stereocenters. The van der Waals surface area contributed by atoms with Crippen LogP contribution >= 0.6 is 0 Å². The first-order chi connectivity index (χ1) is 10.1. The lowest BCUT2D eigenvalue weighted by atomic mass is 9.94. The molecule has 2 rings (SSSR count). The highest BCUT2D eigenvalue weighted by Gasteiger charge is 2.23. The monoisotopic (exact) mass is 282 g/mol. The lowest BCUT2D eigenvalue weighted by Gasteiger charge is -2.22. The lowest BCUT2D eigenvalue weighted by Crippen LogP contribution is -2.36. The summed E-state index contributed by atoms with van der Waals surface area (Å²) in [4.78, 5) is 12.4. The third-order valence-corrected chi connectivity index (χ3v) is 3.80. The molecule has 0 radical (unpaired) electrons. The second-order valence-electron chi connectivity index (χ2n) is 5.37. The Morgan fingerprint density at radius 1 is 0.905 bits per heavy atom. The largest absolute Gasteiger partial charge is 0.349 e. The average molecular weight is 282 g/mol. The van der Waals surface area contributed by atoms with Crippen molar-refractivity contribution in [2.24, 2.45) is 11.7 Å². The Morgan fingerprint density at radius 2 is 1.38 bits per heavy atom. The van der Waals surface area contributed by atoms with Crippen LogP contribution in [0.4, 0.5) is 0 Å². The van der Waals surface area contributed by atoms with Crippen LogP contribution in [-0.4, -0.2) is 5.91 Å². The van der Waals surface area contributed by atoms with Crippen LogP contribution in [0.5, 0.6) is 0 Å². The van der Waals surface area contributed by atoms with Crippen molar-refractivity contribution in [2.75, 3.05) is 0 Å². The van der Waals surface area contributed by atoms with E-state index in [4.69, 9.17) is 5.73 Å². The van der Waals surface area contributed by atoms with Gasteiger partial charge in [-0.3, -0.25) is 4.79 Å². The van der Waals surface area contributed by atoms with Gasteiger partial charge in [0.2, 0.25) is 5.91 Å². The summed E-state index contributed by atoms with van der Waals surface area (Å²) in [5, 5.41) is 3.03. The summed E-state index contributed by atoms with van der Waals surface area (Å²) in [6.45, 7) is 3.85. The van der Waals surface area contributed by atoms with E-state index in [0.717, 1.165) is 11.1 Å². The lowest BCUT2D eigenvalue weighted by molar-refractivity contribution is -0.125. The van der Waals surface area contributed by atoms with Gasteiger partial charge in [-0.1, -0.05) is 67.6 Å². The number of amides is 1. The van der Waals surface area contributed by atoms with E-state index in [2.05, 4.69) is 5.32 Å². The van der Waals surface area contributed by atoms with E-state index in [1.807, 2.05) is 74.5 Å². The minimum Gasteiger partial charge on any atom is -0.349 e. The van der Waals surface area contributed by atoms with Gasteiger partial charge in [0, 0.05) is 6.04 Å². The van der Waals surface area contributed by atoms with Gasteiger partial charge in [0.25, 0.3) is 0 Å². The number of nitrogens with one attached hydrogen (secondary N) is 1. The van der Waals surface area contributed by atoms with Crippen LogP contribution in [0.2, 0.25) is 0 Å². The minimum absolute atomic E-state index is 0.0240. The van der Waals surface area contributed by atoms with E-state index in [1.165, 1.54) is 0 Å². The molecule has 0 saturated carbocycles. The fraction of sp³-hybridized carbons (Fsp3) is 0.278. The standard InChI is InChI=1S/C18H22N2O/c1-13(17(19)16-11-7-4-8-12-16)18(21)20-14(2)15-9-5-3-6-10-15/h3-14,17H,19H2,1-2H3,(H,20,21). The van der Waals surface area contributed by atoms with Crippen LogP contribution in [0.1, 0.15) is 37.1 Å². The van der Waals surface area contributed by atoms with Gasteiger partial charge in [-0.25, -0.2) is 0 Å². The predicted molar refractivity (Wildman–Crippen MR) is 85.5 cm³/mol. The first-order valence-electron chi connectivity index (χ1n) is 7.25. The van der Waals surface area contributed by atoms with Crippen molar-refractivity contribution in [3.05, 3.63) is 71.8 Å². The molecule has 2 aromatic rings. The Hall–Kier alpha value is -2.13. The number of rotatable bonds is 5. The quantitative estimate of drug-likeness (QED) is 0.885. The molecule has 0 bridgehead atoms. The normalized spacial score (nSPS) is 15.0. The van der Waals surface area contributed by atoms with Crippen molar-refractivity contribution in [3.8, 4) is 0 Å². The minimum atomic E-state index is -0.297. The van der Waals surface area contributed by atoms with Gasteiger partial charge in [0.1, 0.15) is 0 Å². The van der Waals surface area contributed by atoms with E-state index in [1.54, 1.807) is 0 Å².